The van der Waals surface area contributed by atoms with E-state index in [2.05, 4.69) is 17.2 Å². The molecule has 7 nitrogen and oxygen atoms in total. The van der Waals surface area contributed by atoms with E-state index in [4.69, 9.17) is 4.74 Å². The minimum absolute atomic E-state index is 0.0960. The lowest BCUT2D eigenvalue weighted by atomic mass is 10.1. The standard InChI is InChI=1S/C19H30N4O3/c1-3-4-10-22(2)19(25)17-21-16(15-9-5-6-11-23(15)17)18(24)20-13-14-8-7-12-26-14/h14H,3-13H2,1-2H3,(H,20,24). The molecule has 0 spiro atoms. The van der Waals surface area contributed by atoms with Crippen LogP contribution in [0.5, 0.6) is 0 Å². The number of unbranched alkanes of at least 4 members (excludes halogenated alkanes) is 1. The Morgan fingerprint density at radius 3 is 2.92 bits per heavy atom. The Labute approximate surface area is 155 Å². The minimum atomic E-state index is -0.193. The van der Waals surface area contributed by atoms with Crippen LogP contribution < -0.4 is 5.32 Å². The number of rotatable bonds is 7. The molecule has 0 aliphatic carbocycles. The Morgan fingerprint density at radius 2 is 2.19 bits per heavy atom. The monoisotopic (exact) mass is 362 g/mol. The molecule has 144 valence electrons. The van der Waals surface area contributed by atoms with E-state index in [9.17, 15) is 9.59 Å². The van der Waals surface area contributed by atoms with Crippen LogP contribution in [0.1, 0.15) is 72.3 Å². The first-order chi connectivity index (χ1) is 12.6. The lowest BCUT2D eigenvalue weighted by molar-refractivity contribution is 0.0775. The molecule has 1 saturated heterocycles. The molecule has 1 aromatic rings. The molecule has 0 aromatic carbocycles. The molecule has 0 saturated carbocycles. The normalized spacial score (nSPS) is 19.2. The SMILES string of the molecule is CCCCN(C)C(=O)c1nc(C(=O)NCC2CCCO2)c2n1CCCC2. The molecule has 7 heteroatoms. The highest BCUT2D eigenvalue weighted by molar-refractivity contribution is 5.97. The van der Waals surface area contributed by atoms with Crippen LogP contribution >= 0.6 is 0 Å². The van der Waals surface area contributed by atoms with E-state index in [1.807, 2.05) is 4.57 Å². The van der Waals surface area contributed by atoms with Crippen molar-refractivity contribution < 1.29 is 14.3 Å². The Kier molecular flexibility index (Phi) is 6.29. The summed E-state index contributed by atoms with van der Waals surface area (Å²) in [6, 6.07) is 0. The largest absolute Gasteiger partial charge is 0.376 e. The van der Waals surface area contributed by atoms with Crippen LogP contribution in [-0.4, -0.2) is 59.1 Å². The first kappa shape index (κ1) is 18.9. The highest BCUT2D eigenvalue weighted by Crippen LogP contribution is 2.22. The molecule has 0 radical (unpaired) electrons. The number of carbonyl (C=O) groups excluding carboxylic acids is 2. The molecule has 1 fully saturated rings. The van der Waals surface area contributed by atoms with E-state index < -0.39 is 0 Å². The van der Waals surface area contributed by atoms with Crippen LogP contribution in [0.15, 0.2) is 0 Å². The van der Waals surface area contributed by atoms with Gasteiger partial charge in [0.2, 0.25) is 0 Å². The second-order valence-corrected chi connectivity index (χ2v) is 7.26. The summed E-state index contributed by atoms with van der Waals surface area (Å²) in [5, 5.41) is 2.94. The number of carbonyl (C=O) groups is 2. The molecule has 2 aliphatic rings. The number of nitrogens with zero attached hydrogens (tertiary/aromatic N) is 3. The maximum absolute atomic E-state index is 12.8. The number of fused-ring (bicyclic) bond motifs is 1. The van der Waals surface area contributed by atoms with Gasteiger partial charge < -0.3 is 19.5 Å². The number of imidazole rings is 1. The van der Waals surface area contributed by atoms with Gasteiger partial charge in [0.15, 0.2) is 5.82 Å². The highest BCUT2D eigenvalue weighted by Gasteiger charge is 2.29. The third-order valence-electron chi connectivity index (χ3n) is 5.23. The fourth-order valence-corrected chi connectivity index (χ4v) is 3.65. The zero-order valence-corrected chi connectivity index (χ0v) is 15.9. The molecule has 1 N–H and O–H groups in total. The van der Waals surface area contributed by atoms with Gasteiger partial charge in [-0.25, -0.2) is 4.98 Å². The Morgan fingerprint density at radius 1 is 1.35 bits per heavy atom. The van der Waals surface area contributed by atoms with E-state index in [0.717, 1.165) is 63.8 Å². The van der Waals surface area contributed by atoms with Gasteiger partial charge in [-0.1, -0.05) is 13.3 Å². The molecule has 2 aliphatic heterocycles. The molecule has 2 amide bonds. The van der Waals surface area contributed by atoms with Gasteiger partial charge in [-0.3, -0.25) is 9.59 Å². The number of nitrogens with one attached hydrogen (secondary N) is 1. The highest BCUT2D eigenvalue weighted by atomic mass is 16.5. The van der Waals surface area contributed by atoms with Crippen LogP contribution in [0.4, 0.5) is 0 Å². The van der Waals surface area contributed by atoms with Crippen molar-refractivity contribution >= 4 is 11.8 Å². The van der Waals surface area contributed by atoms with Gasteiger partial charge in [0.1, 0.15) is 5.69 Å². The third kappa shape index (κ3) is 4.09. The fraction of sp³-hybridized carbons (Fsp3) is 0.737. The van der Waals surface area contributed by atoms with Gasteiger partial charge >= 0.3 is 0 Å². The minimum Gasteiger partial charge on any atom is -0.376 e. The van der Waals surface area contributed by atoms with Crippen molar-refractivity contribution in [2.75, 3.05) is 26.7 Å². The average Bonchev–Trinajstić information content (AvgIpc) is 3.31. The Bertz CT molecular complexity index is 649. The van der Waals surface area contributed by atoms with Crippen molar-refractivity contribution in [2.45, 2.75) is 64.5 Å². The van der Waals surface area contributed by atoms with Crippen molar-refractivity contribution in [2.24, 2.45) is 0 Å². The van der Waals surface area contributed by atoms with Gasteiger partial charge in [-0.15, -0.1) is 0 Å². The Balaban J connectivity index is 1.76. The molecular formula is C19H30N4O3. The first-order valence-electron chi connectivity index (χ1n) is 9.86. The number of aromatic nitrogens is 2. The molecule has 3 rings (SSSR count). The van der Waals surface area contributed by atoms with Crippen LogP contribution in [-0.2, 0) is 17.7 Å². The fourth-order valence-electron chi connectivity index (χ4n) is 3.65. The molecule has 1 unspecified atom stereocenters. The molecule has 1 atom stereocenters. The quantitative estimate of drug-likeness (QED) is 0.805. The molecule has 26 heavy (non-hydrogen) atoms. The number of amides is 2. The summed E-state index contributed by atoms with van der Waals surface area (Å²) in [5.74, 6) is 0.113. The smallest absolute Gasteiger partial charge is 0.289 e. The zero-order chi connectivity index (χ0) is 18.5. The molecule has 3 heterocycles. The number of hydrogen-bond acceptors (Lipinski definition) is 4. The summed E-state index contributed by atoms with van der Waals surface area (Å²) >= 11 is 0. The van der Waals surface area contributed by atoms with Crippen molar-refractivity contribution in [1.82, 2.24) is 19.8 Å². The van der Waals surface area contributed by atoms with Gasteiger partial charge in [-0.2, -0.15) is 0 Å². The summed E-state index contributed by atoms with van der Waals surface area (Å²) in [7, 11) is 1.81. The summed E-state index contributed by atoms with van der Waals surface area (Å²) < 4.78 is 7.52. The van der Waals surface area contributed by atoms with E-state index in [-0.39, 0.29) is 17.9 Å². The van der Waals surface area contributed by atoms with Gasteiger partial charge in [0.25, 0.3) is 11.8 Å². The summed E-state index contributed by atoms with van der Waals surface area (Å²) in [6.45, 7) is 4.84. The first-order valence-corrected chi connectivity index (χ1v) is 9.86. The predicted molar refractivity (Wildman–Crippen MR) is 98.3 cm³/mol. The van der Waals surface area contributed by atoms with Crippen molar-refractivity contribution in [3.8, 4) is 0 Å². The maximum Gasteiger partial charge on any atom is 0.289 e. The van der Waals surface area contributed by atoms with Crippen LogP contribution in [0.2, 0.25) is 0 Å². The molecule has 0 bridgehead atoms. The molecule has 1 aromatic heterocycles. The van der Waals surface area contributed by atoms with E-state index in [1.54, 1.807) is 11.9 Å². The number of ether oxygens (including phenoxy) is 1. The van der Waals surface area contributed by atoms with Crippen molar-refractivity contribution in [3.05, 3.63) is 17.2 Å². The van der Waals surface area contributed by atoms with E-state index in [1.165, 1.54) is 0 Å². The second-order valence-electron chi connectivity index (χ2n) is 7.26. The summed E-state index contributed by atoms with van der Waals surface area (Å²) in [4.78, 5) is 31.7. The van der Waals surface area contributed by atoms with Crippen LogP contribution in [0.25, 0.3) is 0 Å². The second kappa shape index (κ2) is 8.66. The zero-order valence-electron chi connectivity index (χ0n) is 15.9. The third-order valence-corrected chi connectivity index (χ3v) is 5.23. The van der Waals surface area contributed by atoms with Crippen molar-refractivity contribution in [1.29, 1.82) is 0 Å². The van der Waals surface area contributed by atoms with E-state index in [0.29, 0.717) is 24.6 Å². The number of hydrogen-bond donors (Lipinski definition) is 1. The van der Waals surface area contributed by atoms with Crippen LogP contribution in [0.3, 0.4) is 0 Å². The summed E-state index contributed by atoms with van der Waals surface area (Å²) in [6.07, 6.45) is 6.95. The summed E-state index contributed by atoms with van der Waals surface area (Å²) in [5.41, 5.74) is 1.31. The topological polar surface area (TPSA) is 76.5 Å². The lowest BCUT2D eigenvalue weighted by Crippen LogP contribution is -2.32. The van der Waals surface area contributed by atoms with Gasteiger partial charge in [0, 0.05) is 33.3 Å². The van der Waals surface area contributed by atoms with Crippen LogP contribution in [0, 0.1) is 0 Å². The Hall–Kier alpha value is -1.89. The van der Waals surface area contributed by atoms with E-state index >= 15 is 0 Å². The van der Waals surface area contributed by atoms with Gasteiger partial charge in [0.05, 0.1) is 11.8 Å². The van der Waals surface area contributed by atoms with Gasteiger partial charge in [-0.05, 0) is 38.5 Å². The average molecular weight is 362 g/mol. The lowest BCUT2D eigenvalue weighted by Gasteiger charge is -2.20. The van der Waals surface area contributed by atoms with Crippen molar-refractivity contribution in [3.63, 3.8) is 0 Å². The predicted octanol–water partition coefficient (Wildman–Crippen LogP) is 2.00. The molecular weight excluding hydrogens is 332 g/mol. The maximum atomic E-state index is 12.8.